The summed E-state index contributed by atoms with van der Waals surface area (Å²) in [5, 5.41) is 3.41. The van der Waals surface area contributed by atoms with Gasteiger partial charge in [0.25, 0.3) is 0 Å². The van der Waals surface area contributed by atoms with Gasteiger partial charge in [0.15, 0.2) is 0 Å². The van der Waals surface area contributed by atoms with Crippen molar-refractivity contribution in [1.29, 1.82) is 0 Å². The zero-order valence-electron chi connectivity index (χ0n) is 8.96. The Labute approximate surface area is 85.8 Å². The van der Waals surface area contributed by atoms with E-state index >= 15 is 0 Å². The van der Waals surface area contributed by atoms with Crippen molar-refractivity contribution in [2.75, 3.05) is 19.6 Å². The number of carbonyl (C=O) groups is 1. The monoisotopic (exact) mass is 196 g/mol. The zero-order valence-corrected chi connectivity index (χ0v) is 8.96. The molecule has 2 saturated heterocycles. The van der Waals surface area contributed by atoms with Gasteiger partial charge in [0.05, 0.1) is 0 Å². The maximum atomic E-state index is 11.7. The Morgan fingerprint density at radius 1 is 1.36 bits per heavy atom. The minimum atomic E-state index is 0.372. The molecule has 2 unspecified atom stereocenters. The first-order valence-corrected chi connectivity index (χ1v) is 5.77. The average molecular weight is 196 g/mol. The van der Waals surface area contributed by atoms with Gasteiger partial charge in [0, 0.05) is 25.6 Å². The van der Waals surface area contributed by atoms with Crippen LogP contribution < -0.4 is 5.32 Å². The molecule has 0 spiro atoms. The molecule has 0 aromatic heterocycles. The molecule has 0 aromatic carbocycles. The number of nitrogens with zero attached hydrogens (tertiary/aromatic N) is 1. The third-order valence-electron chi connectivity index (χ3n) is 3.35. The van der Waals surface area contributed by atoms with Gasteiger partial charge in [-0.15, -0.1) is 0 Å². The zero-order chi connectivity index (χ0) is 9.97. The van der Waals surface area contributed by atoms with Crippen LogP contribution in [0.25, 0.3) is 0 Å². The van der Waals surface area contributed by atoms with Crippen LogP contribution in [0.1, 0.15) is 32.6 Å². The Morgan fingerprint density at radius 3 is 2.93 bits per heavy atom. The molecule has 0 radical (unpaired) electrons. The summed E-state index contributed by atoms with van der Waals surface area (Å²) in [4.78, 5) is 13.8. The van der Waals surface area contributed by atoms with Crippen LogP contribution in [0.3, 0.4) is 0 Å². The highest BCUT2D eigenvalue weighted by molar-refractivity contribution is 5.77. The summed E-state index contributed by atoms with van der Waals surface area (Å²) in [5.74, 6) is 1.08. The van der Waals surface area contributed by atoms with Crippen LogP contribution in [0.15, 0.2) is 0 Å². The largest absolute Gasteiger partial charge is 0.338 e. The van der Waals surface area contributed by atoms with Crippen LogP contribution in [-0.2, 0) is 4.79 Å². The molecule has 2 aliphatic heterocycles. The second-order valence-corrected chi connectivity index (χ2v) is 4.70. The van der Waals surface area contributed by atoms with Crippen molar-refractivity contribution >= 4 is 5.91 Å². The summed E-state index contributed by atoms with van der Waals surface area (Å²) in [6, 6.07) is 0.464. The smallest absolute Gasteiger partial charge is 0.222 e. The maximum absolute atomic E-state index is 11.7. The van der Waals surface area contributed by atoms with E-state index in [0.29, 0.717) is 17.9 Å². The highest BCUT2D eigenvalue weighted by Crippen LogP contribution is 2.20. The van der Waals surface area contributed by atoms with E-state index in [1.165, 1.54) is 12.8 Å². The Morgan fingerprint density at radius 2 is 2.21 bits per heavy atom. The minimum absolute atomic E-state index is 0.372. The van der Waals surface area contributed by atoms with Gasteiger partial charge in [-0.3, -0.25) is 4.79 Å². The molecule has 0 bridgehead atoms. The molecule has 3 heteroatoms. The van der Waals surface area contributed by atoms with Crippen LogP contribution in [-0.4, -0.2) is 36.5 Å². The lowest BCUT2D eigenvalue weighted by molar-refractivity contribution is -0.136. The molecule has 0 aliphatic carbocycles. The molecule has 80 valence electrons. The fraction of sp³-hybridized carbons (Fsp3) is 0.909. The van der Waals surface area contributed by atoms with Crippen LogP contribution in [0.4, 0.5) is 0 Å². The van der Waals surface area contributed by atoms with Crippen molar-refractivity contribution in [1.82, 2.24) is 10.2 Å². The highest BCUT2D eigenvalue weighted by Gasteiger charge is 2.29. The van der Waals surface area contributed by atoms with Crippen LogP contribution in [0.5, 0.6) is 0 Å². The highest BCUT2D eigenvalue weighted by atomic mass is 16.2. The normalized spacial score (nSPS) is 34.6. The van der Waals surface area contributed by atoms with Crippen molar-refractivity contribution in [3.8, 4) is 0 Å². The Bertz CT molecular complexity index is 217. The first-order chi connectivity index (χ1) is 6.77. The lowest BCUT2D eigenvalue weighted by Gasteiger charge is -2.39. The Kier molecular flexibility index (Phi) is 3.06. The van der Waals surface area contributed by atoms with Crippen molar-refractivity contribution < 1.29 is 4.79 Å². The van der Waals surface area contributed by atoms with E-state index in [1.54, 1.807) is 0 Å². The van der Waals surface area contributed by atoms with Gasteiger partial charge < -0.3 is 10.2 Å². The first kappa shape index (κ1) is 9.97. The molecule has 2 atom stereocenters. The van der Waals surface area contributed by atoms with Crippen molar-refractivity contribution in [2.45, 2.75) is 38.6 Å². The lowest BCUT2D eigenvalue weighted by atomic mass is 9.95. The topological polar surface area (TPSA) is 32.3 Å². The van der Waals surface area contributed by atoms with Gasteiger partial charge in [-0.1, -0.05) is 6.92 Å². The van der Waals surface area contributed by atoms with Crippen molar-refractivity contribution in [2.24, 2.45) is 5.92 Å². The predicted octanol–water partition coefficient (Wildman–Crippen LogP) is 0.997. The molecule has 1 N–H and O–H groups in total. The molecular weight excluding hydrogens is 176 g/mol. The molecule has 3 nitrogen and oxygen atoms in total. The second kappa shape index (κ2) is 4.30. The average Bonchev–Trinajstić information content (AvgIpc) is 2.18. The molecule has 2 fully saturated rings. The fourth-order valence-electron chi connectivity index (χ4n) is 2.58. The van der Waals surface area contributed by atoms with Crippen LogP contribution in [0, 0.1) is 5.92 Å². The molecule has 14 heavy (non-hydrogen) atoms. The Hall–Kier alpha value is -0.570. The van der Waals surface area contributed by atoms with E-state index in [4.69, 9.17) is 0 Å². The Balaban J connectivity index is 1.94. The molecule has 0 aromatic rings. The molecule has 2 aliphatic rings. The van der Waals surface area contributed by atoms with Gasteiger partial charge in [0.1, 0.15) is 0 Å². The summed E-state index contributed by atoms with van der Waals surface area (Å²) in [5.41, 5.74) is 0. The quantitative estimate of drug-likeness (QED) is 0.678. The number of nitrogens with one attached hydrogen (secondary N) is 1. The number of hydrogen-bond acceptors (Lipinski definition) is 2. The SMILES string of the molecule is CC1CNCC(N2CCCCC2=O)C1. The number of likely N-dealkylation sites (tertiary alicyclic amines) is 1. The lowest BCUT2D eigenvalue weighted by Crippen LogP contribution is -2.52. The summed E-state index contributed by atoms with van der Waals surface area (Å²) in [6.45, 7) is 5.35. The van der Waals surface area contributed by atoms with E-state index in [9.17, 15) is 4.79 Å². The van der Waals surface area contributed by atoms with Gasteiger partial charge >= 0.3 is 0 Å². The second-order valence-electron chi connectivity index (χ2n) is 4.70. The van der Waals surface area contributed by atoms with Crippen molar-refractivity contribution in [3.05, 3.63) is 0 Å². The maximum Gasteiger partial charge on any atom is 0.222 e. The first-order valence-electron chi connectivity index (χ1n) is 5.77. The summed E-state index contributed by atoms with van der Waals surface area (Å²) >= 11 is 0. The molecular formula is C11H20N2O. The summed E-state index contributed by atoms with van der Waals surface area (Å²) in [6.07, 6.45) is 4.23. The number of amides is 1. The number of piperidine rings is 2. The summed E-state index contributed by atoms with van der Waals surface area (Å²) in [7, 11) is 0. The van der Waals surface area contributed by atoms with Crippen LogP contribution >= 0.6 is 0 Å². The third-order valence-corrected chi connectivity index (χ3v) is 3.35. The summed E-state index contributed by atoms with van der Waals surface area (Å²) < 4.78 is 0. The van der Waals surface area contributed by atoms with Gasteiger partial charge in [0.2, 0.25) is 5.91 Å². The van der Waals surface area contributed by atoms with Gasteiger partial charge in [-0.25, -0.2) is 0 Å². The molecule has 0 saturated carbocycles. The number of rotatable bonds is 1. The number of carbonyl (C=O) groups excluding carboxylic acids is 1. The standard InChI is InChI=1S/C11H20N2O/c1-9-6-10(8-12-7-9)13-5-3-2-4-11(13)14/h9-10,12H,2-8H2,1H3. The molecule has 1 amide bonds. The number of hydrogen-bond donors (Lipinski definition) is 1. The van der Waals surface area contributed by atoms with Crippen LogP contribution in [0.2, 0.25) is 0 Å². The van der Waals surface area contributed by atoms with E-state index in [2.05, 4.69) is 17.1 Å². The fourth-order valence-corrected chi connectivity index (χ4v) is 2.58. The molecule has 2 rings (SSSR count). The minimum Gasteiger partial charge on any atom is -0.338 e. The third kappa shape index (κ3) is 2.08. The van der Waals surface area contributed by atoms with E-state index in [0.717, 1.165) is 32.5 Å². The predicted molar refractivity (Wildman–Crippen MR) is 56.0 cm³/mol. The van der Waals surface area contributed by atoms with Crippen molar-refractivity contribution in [3.63, 3.8) is 0 Å². The van der Waals surface area contributed by atoms with E-state index in [-0.39, 0.29) is 0 Å². The van der Waals surface area contributed by atoms with E-state index in [1.807, 2.05) is 0 Å². The molecule has 2 heterocycles. The van der Waals surface area contributed by atoms with Gasteiger partial charge in [-0.05, 0) is 31.7 Å². The van der Waals surface area contributed by atoms with Gasteiger partial charge in [-0.2, -0.15) is 0 Å². The van der Waals surface area contributed by atoms with E-state index < -0.39 is 0 Å².